The maximum atomic E-state index is 5.81. The van der Waals surface area contributed by atoms with Gasteiger partial charge in [0.25, 0.3) is 0 Å². The molecular formula is C11H7BrClN. The van der Waals surface area contributed by atoms with E-state index in [9.17, 15) is 0 Å². The molecule has 0 saturated heterocycles. The first-order chi connectivity index (χ1) is 6.77. The Balaban J connectivity index is 2.50. The minimum atomic E-state index is 0.749. The molecule has 0 amide bonds. The van der Waals surface area contributed by atoms with Crippen molar-refractivity contribution in [3.63, 3.8) is 0 Å². The van der Waals surface area contributed by atoms with E-state index < -0.39 is 0 Å². The fourth-order valence-electron chi connectivity index (χ4n) is 1.24. The zero-order valence-electron chi connectivity index (χ0n) is 7.24. The van der Waals surface area contributed by atoms with Gasteiger partial charge in [-0.2, -0.15) is 0 Å². The molecular weight excluding hydrogens is 261 g/mol. The van der Waals surface area contributed by atoms with Crippen LogP contribution in [0.3, 0.4) is 0 Å². The summed E-state index contributed by atoms with van der Waals surface area (Å²) >= 11 is 9.27. The summed E-state index contributed by atoms with van der Waals surface area (Å²) in [6, 6.07) is 9.70. The van der Waals surface area contributed by atoms with E-state index in [1.807, 2.05) is 30.3 Å². The molecule has 2 rings (SSSR count). The van der Waals surface area contributed by atoms with Crippen LogP contribution in [0.2, 0.25) is 5.02 Å². The minimum absolute atomic E-state index is 0.749. The van der Waals surface area contributed by atoms with Gasteiger partial charge in [0.1, 0.15) is 0 Å². The van der Waals surface area contributed by atoms with Gasteiger partial charge in [0.05, 0.1) is 0 Å². The van der Waals surface area contributed by atoms with Crippen LogP contribution in [-0.4, -0.2) is 4.98 Å². The molecule has 0 aliphatic carbocycles. The van der Waals surface area contributed by atoms with Crippen molar-refractivity contribution in [2.45, 2.75) is 0 Å². The number of hydrogen-bond donors (Lipinski definition) is 0. The molecule has 0 bridgehead atoms. The quantitative estimate of drug-likeness (QED) is 0.756. The third kappa shape index (κ3) is 1.97. The second kappa shape index (κ2) is 4.11. The van der Waals surface area contributed by atoms with Crippen LogP contribution in [0.25, 0.3) is 11.1 Å². The first kappa shape index (κ1) is 9.69. The molecule has 14 heavy (non-hydrogen) atoms. The van der Waals surface area contributed by atoms with Gasteiger partial charge in [-0.05, 0) is 45.3 Å². The number of nitrogens with zero attached hydrogens (tertiary/aromatic N) is 1. The van der Waals surface area contributed by atoms with Crippen molar-refractivity contribution in [1.82, 2.24) is 4.98 Å². The topological polar surface area (TPSA) is 12.9 Å². The van der Waals surface area contributed by atoms with Gasteiger partial charge in [0, 0.05) is 21.9 Å². The Morgan fingerprint density at radius 1 is 1.07 bits per heavy atom. The molecule has 0 fully saturated rings. The van der Waals surface area contributed by atoms with E-state index in [1.54, 1.807) is 12.4 Å². The summed E-state index contributed by atoms with van der Waals surface area (Å²) < 4.78 is 0.988. The molecule has 1 aromatic heterocycles. The second-order valence-corrected chi connectivity index (χ2v) is 4.15. The van der Waals surface area contributed by atoms with Crippen LogP contribution in [0, 0.1) is 0 Å². The van der Waals surface area contributed by atoms with Crippen LogP contribution in [0.4, 0.5) is 0 Å². The van der Waals surface area contributed by atoms with Gasteiger partial charge in [-0.25, -0.2) is 0 Å². The Kier molecular flexibility index (Phi) is 2.85. The molecule has 1 nitrogen and oxygen atoms in total. The molecule has 3 heteroatoms. The molecule has 0 aliphatic heterocycles. The van der Waals surface area contributed by atoms with Gasteiger partial charge in [0.15, 0.2) is 0 Å². The molecule has 0 radical (unpaired) electrons. The molecule has 0 unspecified atom stereocenters. The lowest BCUT2D eigenvalue weighted by molar-refractivity contribution is 1.31. The van der Waals surface area contributed by atoms with E-state index in [4.69, 9.17) is 11.6 Å². The normalized spacial score (nSPS) is 10.1. The molecule has 0 N–H and O–H groups in total. The number of rotatable bonds is 1. The van der Waals surface area contributed by atoms with Crippen molar-refractivity contribution in [3.8, 4) is 11.1 Å². The van der Waals surface area contributed by atoms with E-state index in [-0.39, 0.29) is 0 Å². The van der Waals surface area contributed by atoms with Gasteiger partial charge in [0.2, 0.25) is 0 Å². The van der Waals surface area contributed by atoms with Crippen LogP contribution in [0.5, 0.6) is 0 Å². The standard InChI is InChI=1S/C11H7BrClN/c12-11-7-14-6-5-10(11)8-1-3-9(13)4-2-8/h1-7H. The predicted octanol–water partition coefficient (Wildman–Crippen LogP) is 4.16. The third-order valence-corrected chi connectivity index (χ3v) is 2.81. The van der Waals surface area contributed by atoms with E-state index in [0.29, 0.717) is 0 Å². The average molecular weight is 269 g/mol. The highest BCUT2D eigenvalue weighted by atomic mass is 79.9. The summed E-state index contributed by atoms with van der Waals surface area (Å²) in [5.41, 5.74) is 2.25. The zero-order valence-corrected chi connectivity index (χ0v) is 9.59. The Hall–Kier alpha value is -0.860. The number of pyridine rings is 1. The maximum absolute atomic E-state index is 5.81. The molecule has 2 aromatic rings. The highest BCUT2D eigenvalue weighted by Crippen LogP contribution is 2.27. The monoisotopic (exact) mass is 267 g/mol. The Morgan fingerprint density at radius 2 is 1.79 bits per heavy atom. The smallest absolute Gasteiger partial charge is 0.0437 e. The fraction of sp³-hybridized carbons (Fsp3) is 0. The van der Waals surface area contributed by atoms with E-state index in [0.717, 1.165) is 20.6 Å². The molecule has 1 heterocycles. The lowest BCUT2D eigenvalue weighted by atomic mass is 10.1. The summed E-state index contributed by atoms with van der Waals surface area (Å²) in [6.45, 7) is 0. The van der Waals surface area contributed by atoms with Crippen molar-refractivity contribution in [2.24, 2.45) is 0 Å². The predicted molar refractivity (Wildman–Crippen MR) is 62.4 cm³/mol. The van der Waals surface area contributed by atoms with Crippen molar-refractivity contribution < 1.29 is 0 Å². The molecule has 1 aromatic carbocycles. The number of aromatic nitrogens is 1. The highest BCUT2D eigenvalue weighted by Gasteiger charge is 2.01. The van der Waals surface area contributed by atoms with Gasteiger partial charge in [-0.3, -0.25) is 4.98 Å². The number of halogens is 2. The van der Waals surface area contributed by atoms with Gasteiger partial charge < -0.3 is 0 Å². The van der Waals surface area contributed by atoms with Crippen molar-refractivity contribution in [3.05, 3.63) is 52.2 Å². The molecule has 70 valence electrons. The number of hydrogen-bond acceptors (Lipinski definition) is 1. The lowest BCUT2D eigenvalue weighted by Gasteiger charge is -2.03. The summed E-state index contributed by atoms with van der Waals surface area (Å²) in [6.07, 6.45) is 3.55. The van der Waals surface area contributed by atoms with Gasteiger partial charge >= 0.3 is 0 Å². The van der Waals surface area contributed by atoms with Crippen LogP contribution in [-0.2, 0) is 0 Å². The van der Waals surface area contributed by atoms with Crippen LogP contribution < -0.4 is 0 Å². The SMILES string of the molecule is Clc1ccc(-c2ccncc2Br)cc1. The summed E-state index contributed by atoms with van der Waals surface area (Å²) in [4.78, 5) is 4.02. The van der Waals surface area contributed by atoms with Crippen LogP contribution in [0.15, 0.2) is 47.2 Å². The zero-order chi connectivity index (χ0) is 9.97. The average Bonchev–Trinajstić information content (AvgIpc) is 2.20. The maximum Gasteiger partial charge on any atom is 0.0437 e. The van der Waals surface area contributed by atoms with Gasteiger partial charge in [-0.1, -0.05) is 23.7 Å². The first-order valence-electron chi connectivity index (χ1n) is 4.13. The third-order valence-electron chi connectivity index (χ3n) is 1.93. The van der Waals surface area contributed by atoms with Crippen molar-refractivity contribution in [2.75, 3.05) is 0 Å². The van der Waals surface area contributed by atoms with Crippen LogP contribution in [0.1, 0.15) is 0 Å². The minimum Gasteiger partial charge on any atom is -0.264 e. The first-order valence-corrected chi connectivity index (χ1v) is 5.30. The summed E-state index contributed by atoms with van der Waals surface area (Å²) in [5, 5.41) is 0.749. The largest absolute Gasteiger partial charge is 0.264 e. The molecule has 0 atom stereocenters. The molecule has 0 spiro atoms. The van der Waals surface area contributed by atoms with E-state index in [1.165, 1.54) is 0 Å². The Labute approximate surface area is 95.9 Å². The second-order valence-electron chi connectivity index (χ2n) is 2.86. The lowest BCUT2D eigenvalue weighted by Crippen LogP contribution is -1.80. The Bertz CT molecular complexity index is 439. The number of benzene rings is 1. The van der Waals surface area contributed by atoms with E-state index >= 15 is 0 Å². The Morgan fingerprint density at radius 3 is 2.43 bits per heavy atom. The van der Waals surface area contributed by atoms with Crippen molar-refractivity contribution in [1.29, 1.82) is 0 Å². The molecule has 0 saturated carbocycles. The molecule has 0 aliphatic rings. The van der Waals surface area contributed by atoms with Crippen LogP contribution >= 0.6 is 27.5 Å². The van der Waals surface area contributed by atoms with E-state index in [2.05, 4.69) is 20.9 Å². The van der Waals surface area contributed by atoms with Gasteiger partial charge in [-0.15, -0.1) is 0 Å². The summed E-state index contributed by atoms with van der Waals surface area (Å²) in [7, 11) is 0. The fourth-order valence-corrected chi connectivity index (χ4v) is 1.84. The summed E-state index contributed by atoms with van der Waals surface area (Å²) in [5.74, 6) is 0. The van der Waals surface area contributed by atoms with Crippen molar-refractivity contribution >= 4 is 27.5 Å². The highest BCUT2D eigenvalue weighted by molar-refractivity contribution is 9.10.